The van der Waals surface area contributed by atoms with Crippen molar-refractivity contribution >= 4 is 11.4 Å². The molecule has 92 valence electrons. The van der Waals surface area contributed by atoms with Crippen LogP contribution in [0.4, 0.5) is 11.4 Å². The number of hydrogen-bond acceptors (Lipinski definition) is 4. The van der Waals surface area contributed by atoms with Crippen LogP contribution >= 0.6 is 0 Å². The van der Waals surface area contributed by atoms with Crippen LogP contribution in [-0.4, -0.2) is 43.1 Å². The average Bonchev–Trinajstić information content (AvgIpc) is 2.68. The number of likely N-dealkylation sites (tertiary alicyclic amines) is 1. The van der Waals surface area contributed by atoms with Gasteiger partial charge >= 0.3 is 0 Å². The minimum Gasteiger partial charge on any atom is -0.396 e. The first kappa shape index (κ1) is 10.8. The maximum atomic E-state index is 6.00. The Morgan fingerprint density at radius 1 is 1.29 bits per heavy atom. The molecule has 2 N–H and O–H groups in total. The number of aromatic nitrogens is 1. The molecule has 3 heterocycles. The van der Waals surface area contributed by atoms with Crippen LogP contribution in [-0.2, 0) is 0 Å². The van der Waals surface area contributed by atoms with Gasteiger partial charge in [0.25, 0.3) is 0 Å². The Balaban J connectivity index is 1.77. The predicted octanol–water partition coefficient (Wildman–Crippen LogP) is 1.05. The molecule has 1 aromatic heterocycles. The summed E-state index contributed by atoms with van der Waals surface area (Å²) >= 11 is 0. The molecule has 2 atom stereocenters. The van der Waals surface area contributed by atoms with Gasteiger partial charge < -0.3 is 15.5 Å². The first-order valence-electron chi connectivity index (χ1n) is 6.37. The van der Waals surface area contributed by atoms with E-state index in [4.69, 9.17) is 5.73 Å². The van der Waals surface area contributed by atoms with Gasteiger partial charge in [0, 0.05) is 32.4 Å². The zero-order chi connectivity index (χ0) is 11.8. The molecule has 3 rings (SSSR count). The highest BCUT2D eigenvalue weighted by atomic mass is 15.2. The van der Waals surface area contributed by atoms with Crippen molar-refractivity contribution in [3.8, 4) is 0 Å². The highest BCUT2D eigenvalue weighted by Gasteiger charge is 2.35. The second kappa shape index (κ2) is 4.18. The van der Waals surface area contributed by atoms with E-state index in [0.717, 1.165) is 36.3 Å². The molecule has 4 heteroatoms. The molecule has 2 aliphatic rings. The maximum Gasteiger partial charge on any atom is 0.0738 e. The molecule has 0 unspecified atom stereocenters. The quantitative estimate of drug-likeness (QED) is 0.786. The van der Waals surface area contributed by atoms with E-state index in [-0.39, 0.29) is 0 Å². The third-order valence-corrected chi connectivity index (χ3v) is 4.15. The zero-order valence-corrected chi connectivity index (χ0v) is 10.3. The van der Waals surface area contributed by atoms with Gasteiger partial charge in [-0.05, 0) is 31.4 Å². The number of nitrogens with zero attached hydrogens (tertiary/aromatic N) is 3. The van der Waals surface area contributed by atoms with E-state index in [1.54, 1.807) is 6.20 Å². The molecule has 0 saturated carbocycles. The lowest BCUT2D eigenvalue weighted by atomic mass is 9.88. The molecule has 0 amide bonds. The van der Waals surface area contributed by atoms with Crippen LogP contribution < -0.4 is 10.6 Å². The van der Waals surface area contributed by atoms with Crippen LogP contribution in [0.15, 0.2) is 18.5 Å². The van der Waals surface area contributed by atoms with Gasteiger partial charge in [-0.25, -0.2) is 0 Å². The van der Waals surface area contributed by atoms with E-state index >= 15 is 0 Å². The predicted molar refractivity (Wildman–Crippen MR) is 70.0 cm³/mol. The van der Waals surface area contributed by atoms with Crippen molar-refractivity contribution in [2.24, 2.45) is 11.8 Å². The van der Waals surface area contributed by atoms with E-state index in [1.165, 1.54) is 19.5 Å². The van der Waals surface area contributed by atoms with Crippen molar-refractivity contribution in [1.29, 1.82) is 0 Å². The Labute approximate surface area is 102 Å². The molecule has 17 heavy (non-hydrogen) atoms. The summed E-state index contributed by atoms with van der Waals surface area (Å²) in [6.07, 6.45) is 4.87. The van der Waals surface area contributed by atoms with Crippen molar-refractivity contribution in [2.75, 3.05) is 43.9 Å². The minimum absolute atomic E-state index is 0.803. The summed E-state index contributed by atoms with van der Waals surface area (Å²) in [5.41, 5.74) is 7.96. The van der Waals surface area contributed by atoms with Crippen molar-refractivity contribution in [3.05, 3.63) is 18.5 Å². The molecular formula is C13H20N4. The second-order valence-corrected chi connectivity index (χ2v) is 5.41. The van der Waals surface area contributed by atoms with E-state index in [9.17, 15) is 0 Å². The maximum absolute atomic E-state index is 6.00. The molecule has 1 aromatic rings. The first-order valence-corrected chi connectivity index (χ1v) is 6.37. The Hall–Kier alpha value is -1.29. The minimum atomic E-state index is 0.803. The highest BCUT2D eigenvalue weighted by molar-refractivity contribution is 5.66. The summed E-state index contributed by atoms with van der Waals surface area (Å²) in [6, 6.07) is 2.04. The van der Waals surface area contributed by atoms with E-state index in [0.29, 0.717) is 0 Å². The molecule has 2 aliphatic heterocycles. The van der Waals surface area contributed by atoms with Crippen molar-refractivity contribution in [2.45, 2.75) is 6.42 Å². The standard InChI is InChI=1S/C13H20N4/c1-16-7-10-3-5-17(9-11(10)8-16)13-2-4-15-6-12(13)14/h2,4,6,10-11H,3,5,7-9,14H2,1H3/t10-,11+/m1/s1. The van der Waals surface area contributed by atoms with E-state index in [1.807, 2.05) is 12.3 Å². The van der Waals surface area contributed by atoms with Crippen molar-refractivity contribution < 1.29 is 0 Å². The van der Waals surface area contributed by atoms with Gasteiger partial charge in [0.15, 0.2) is 0 Å². The normalized spacial score (nSPS) is 29.4. The Morgan fingerprint density at radius 3 is 2.94 bits per heavy atom. The fourth-order valence-corrected chi connectivity index (χ4v) is 3.31. The fourth-order valence-electron chi connectivity index (χ4n) is 3.31. The van der Waals surface area contributed by atoms with Gasteiger partial charge in [-0.2, -0.15) is 0 Å². The molecule has 2 fully saturated rings. The molecule has 0 aliphatic carbocycles. The monoisotopic (exact) mass is 232 g/mol. The van der Waals surface area contributed by atoms with E-state index in [2.05, 4.69) is 21.8 Å². The van der Waals surface area contributed by atoms with Crippen LogP contribution in [0, 0.1) is 11.8 Å². The van der Waals surface area contributed by atoms with Crippen molar-refractivity contribution in [1.82, 2.24) is 9.88 Å². The smallest absolute Gasteiger partial charge is 0.0738 e. The zero-order valence-electron chi connectivity index (χ0n) is 10.3. The third-order valence-electron chi connectivity index (χ3n) is 4.15. The largest absolute Gasteiger partial charge is 0.396 e. The van der Waals surface area contributed by atoms with E-state index < -0.39 is 0 Å². The summed E-state index contributed by atoms with van der Waals surface area (Å²) in [5, 5.41) is 0. The average molecular weight is 232 g/mol. The molecule has 0 aromatic carbocycles. The molecule has 0 radical (unpaired) electrons. The van der Waals surface area contributed by atoms with Gasteiger partial charge in [0.2, 0.25) is 0 Å². The summed E-state index contributed by atoms with van der Waals surface area (Å²) in [7, 11) is 2.23. The van der Waals surface area contributed by atoms with Gasteiger partial charge in [-0.15, -0.1) is 0 Å². The first-order chi connectivity index (χ1) is 8.24. The fraction of sp³-hybridized carbons (Fsp3) is 0.615. The van der Waals surface area contributed by atoms with Gasteiger partial charge in [0.05, 0.1) is 17.6 Å². The van der Waals surface area contributed by atoms with Crippen LogP contribution in [0.25, 0.3) is 0 Å². The lowest BCUT2D eigenvalue weighted by Gasteiger charge is -2.36. The Kier molecular flexibility index (Phi) is 2.67. The molecule has 2 saturated heterocycles. The van der Waals surface area contributed by atoms with Gasteiger partial charge in [0.1, 0.15) is 0 Å². The van der Waals surface area contributed by atoms with Crippen LogP contribution in [0.2, 0.25) is 0 Å². The Morgan fingerprint density at radius 2 is 2.12 bits per heavy atom. The number of hydrogen-bond donors (Lipinski definition) is 1. The lowest BCUT2D eigenvalue weighted by molar-refractivity contribution is 0.348. The van der Waals surface area contributed by atoms with Crippen molar-refractivity contribution in [3.63, 3.8) is 0 Å². The number of anilines is 2. The summed E-state index contributed by atoms with van der Waals surface area (Å²) in [6.45, 7) is 4.77. The van der Waals surface area contributed by atoms with Gasteiger partial charge in [-0.1, -0.05) is 0 Å². The molecule has 0 spiro atoms. The summed E-state index contributed by atoms with van der Waals surface area (Å²) in [5.74, 6) is 1.70. The number of nitrogens with two attached hydrogens (primary N) is 1. The topological polar surface area (TPSA) is 45.4 Å². The number of pyridine rings is 1. The summed E-state index contributed by atoms with van der Waals surface area (Å²) in [4.78, 5) is 8.94. The third kappa shape index (κ3) is 1.97. The number of nitrogen functional groups attached to an aromatic ring is 1. The lowest BCUT2D eigenvalue weighted by Crippen LogP contribution is -2.40. The number of piperidine rings is 1. The molecule has 0 bridgehead atoms. The van der Waals surface area contributed by atoms with Crippen LogP contribution in [0.5, 0.6) is 0 Å². The SMILES string of the molecule is CN1C[C@H]2CCN(c3ccncc3N)C[C@@H]2C1. The second-order valence-electron chi connectivity index (χ2n) is 5.41. The van der Waals surface area contributed by atoms with Gasteiger partial charge in [-0.3, -0.25) is 4.98 Å². The Bertz CT molecular complexity index is 406. The molecule has 4 nitrogen and oxygen atoms in total. The summed E-state index contributed by atoms with van der Waals surface area (Å²) < 4.78 is 0. The number of fused-ring (bicyclic) bond motifs is 1. The van der Waals surface area contributed by atoms with Crippen LogP contribution in [0.1, 0.15) is 6.42 Å². The number of rotatable bonds is 1. The van der Waals surface area contributed by atoms with Crippen LogP contribution in [0.3, 0.4) is 0 Å². The highest BCUT2D eigenvalue weighted by Crippen LogP contribution is 2.34. The molecular weight excluding hydrogens is 212 g/mol.